The van der Waals surface area contributed by atoms with Crippen LogP contribution in [0, 0.1) is 0 Å². The van der Waals surface area contributed by atoms with Crippen molar-refractivity contribution in [1.82, 2.24) is 0 Å². The van der Waals surface area contributed by atoms with Crippen molar-refractivity contribution in [3.63, 3.8) is 0 Å². The van der Waals surface area contributed by atoms with Gasteiger partial charge in [0.1, 0.15) is 6.61 Å². The number of hydrogen-bond acceptors (Lipinski definition) is 3. The molecular formula is C12H10F3NO3. The molecule has 1 aliphatic rings. The quantitative estimate of drug-likeness (QED) is 0.917. The van der Waals surface area contributed by atoms with Crippen LogP contribution in [0.25, 0.3) is 0 Å². The first-order valence-corrected chi connectivity index (χ1v) is 5.45. The summed E-state index contributed by atoms with van der Waals surface area (Å²) in [6.45, 7) is -0.140. The second-order valence-electron chi connectivity index (χ2n) is 4.02. The van der Waals surface area contributed by atoms with E-state index >= 15 is 0 Å². The summed E-state index contributed by atoms with van der Waals surface area (Å²) in [4.78, 5) is 14.4. The highest BCUT2D eigenvalue weighted by molar-refractivity contribution is 5.86. The number of nitrogens with zero attached hydrogens (tertiary/aromatic N) is 1. The Bertz CT molecular complexity index is 525. The number of carbonyl (C=O) groups is 1. The maximum atomic E-state index is 12.8. The molecule has 0 spiro atoms. The molecule has 19 heavy (non-hydrogen) atoms. The van der Waals surface area contributed by atoms with Crippen LogP contribution in [0.2, 0.25) is 0 Å². The van der Waals surface area contributed by atoms with Crippen LogP contribution >= 0.6 is 0 Å². The fourth-order valence-electron chi connectivity index (χ4n) is 1.76. The van der Waals surface area contributed by atoms with Crippen LogP contribution in [-0.4, -0.2) is 29.6 Å². The molecule has 1 aromatic rings. The first-order valence-electron chi connectivity index (χ1n) is 5.45. The Labute approximate surface area is 106 Å². The van der Waals surface area contributed by atoms with Crippen molar-refractivity contribution < 1.29 is 27.8 Å². The summed E-state index contributed by atoms with van der Waals surface area (Å²) < 4.78 is 43.3. The normalized spacial score (nSPS) is 18.9. The Morgan fingerprint density at radius 2 is 2.11 bits per heavy atom. The zero-order chi connectivity index (χ0) is 14.0. The standard InChI is InChI=1S/C12H10F3NO3/c13-12(14,15)8-4-2-1-3-7(8)5-10-16-9(6-19-10)11(17)18/h1-4,9H,5-6H2,(H,17,18). The van der Waals surface area contributed by atoms with Crippen molar-refractivity contribution in [2.45, 2.75) is 18.6 Å². The summed E-state index contributed by atoms with van der Waals surface area (Å²) in [6.07, 6.45) is -4.62. The minimum absolute atomic E-state index is 0.0137. The van der Waals surface area contributed by atoms with Gasteiger partial charge in [-0.05, 0) is 11.6 Å². The minimum Gasteiger partial charge on any atom is -0.480 e. The highest BCUT2D eigenvalue weighted by Crippen LogP contribution is 2.32. The van der Waals surface area contributed by atoms with E-state index in [1.807, 2.05) is 0 Å². The molecule has 1 atom stereocenters. The van der Waals surface area contributed by atoms with Gasteiger partial charge in [-0.3, -0.25) is 0 Å². The van der Waals surface area contributed by atoms with Crippen LogP contribution < -0.4 is 0 Å². The maximum Gasteiger partial charge on any atom is 0.416 e. The molecule has 4 nitrogen and oxygen atoms in total. The summed E-state index contributed by atoms with van der Waals surface area (Å²) >= 11 is 0. The Kier molecular flexibility index (Phi) is 3.46. The van der Waals surface area contributed by atoms with Gasteiger partial charge in [0.15, 0.2) is 11.9 Å². The van der Waals surface area contributed by atoms with Gasteiger partial charge in [-0.25, -0.2) is 9.79 Å². The third-order valence-corrected chi connectivity index (χ3v) is 2.66. The predicted octanol–water partition coefficient (Wildman–Crippen LogP) is 2.13. The Balaban J connectivity index is 2.21. The monoisotopic (exact) mass is 273 g/mol. The third-order valence-electron chi connectivity index (χ3n) is 2.66. The van der Waals surface area contributed by atoms with E-state index in [0.717, 1.165) is 6.07 Å². The van der Waals surface area contributed by atoms with Gasteiger partial charge in [0, 0.05) is 6.42 Å². The molecule has 0 bridgehead atoms. The zero-order valence-corrected chi connectivity index (χ0v) is 9.65. The fourth-order valence-corrected chi connectivity index (χ4v) is 1.76. The largest absolute Gasteiger partial charge is 0.480 e. The summed E-state index contributed by atoms with van der Waals surface area (Å²) in [5.41, 5.74) is -0.750. The van der Waals surface area contributed by atoms with Crippen LogP contribution in [0.5, 0.6) is 0 Å². The van der Waals surface area contributed by atoms with Crippen molar-refractivity contribution in [3.8, 4) is 0 Å². The summed E-state index contributed by atoms with van der Waals surface area (Å²) in [5, 5.41) is 8.71. The lowest BCUT2D eigenvalue weighted by atomic mass is 10.0. The molecule has 0 aliphatic carbocycles. The van der Waals surface area contributed by atoms with E-state index in [4.69, 9.17) is 9.84 Å². The van der Waals surface area contributed by atoms with Crippen molar-refractivity contribution in [2.75, 3.05) is 6.61 Å². The Morgan fingerprint density at radius 3 is 2.68 bits per heavy atom. The van der Waals surface area contributed by atoms with Gasteiger partial charge >= 0.3 is 12.1 Å². The molecule has 0 saturated carbocycles. The summed E-state index contributed by atoms with van der Waals surface area (Å²) in [7, 11) is 0. The number of benzene rings is 1. The molecule has 102 valence electrons. The van der Waals surface area contributed by atoms with Gasteiger partial charge in [-0.15, -0.1) is 0 Å². The fraction of sp³-hybridized carbons (Fsp3) is 0.333. The lowest BCUT2D eigenvalue weighted by Gasteiger charge is -2.12. The lowest BCUT2D eigenvalue weighted by Crippen LogP contribution is -2.18. The lowest BCUT2D eigenvalue weighted by molar-refractivity contribution is -0.139. The molecule has 7 heteroatoms. The van der Waals surface area contributed by atoms with Crippen molar-refractivity contribution in [3.05, 3.63) is 35.4 Å². The average molecular weight is 273 g/mol. The van der Waals surface area contributed by atoms with E-state index in [0.29, 0.717) is 0 Å². The predicted molar refractivity (Wildman–Crippen MR) is 60.0 cm³/mol. The average Bonchev–Trinajstić information content (AvgIpc) is 2.77. The number of carboxylic acids is 1. The first kappa shape index (κ1) is 13.4. The van der Waals surface area contributed by atoms with E-state index in [9.17, 15) is 18.0 Å². The topological polar surface area (TPSA) is 58.9 Å². The number of halogens is 3. The Hall–Kier alpha value is -2.05. The van der Waals surface area contributed by atoms with Gasteiger partial charge in [0.25, 0.3) is 0 Å². The molecule has 1 heterocycles. The molecule has 0 saturated heterocycles. The van der Waals surface area contributed by atoms with E-state index < -0.39 is 23.8 Å². The highest BCUT2D eigenvalue weighted by Gasteiger charge is 2.34. The smallest absolute Gasteiger partial charge is 0.416 e. The second-order valence-corrected chi connectivity index (χ2v) is 4.02. The van der Waals surface area contributed by atoms with Crippen molar-refractivity contribution in [2.24, 2.45) is 4.99 Å². The molecule has 2 rings (SSSR count). The maximum absolute atomic E-state index is 12.8. The zero-order valence-electron chi connectivity index (χ0n) is 9.65. The van der Waals surface area contributed by atoms with Crippen LogP contribution in [0.4, 0.5) is 13.2 Å². The first-order chi connectivity index (χ1) is 8.88. The van der Waals surface area contributed by atoms with Gasteiger partial charge in [0.05, 0.1) is 5.56 Å². The molecule has 1 unspecified atom stereocenters. The van der Waals surface area contributed by atoms with Crippen LogP contribution in [-0.2, 0) is 22.1 Å². The second kappa shape index (κ2) is 4.91. The van der Waals surface area contributed by atoms with Gasteiger partial charge in [-0.2, -0.15) is 13.2 Å². The molecule has 1 aromatic carbocycles. The molecule has 0 aromatic heterocycles. The van der Waals surface area contributed by atoms with Crippen LogP contribution in [0.1, 0.15) is 11.1 Å². The number of carboxylic acid groups (broad SMARTS) is 1. The van der Waals surface area contributed by atoms with E-state index in [1.54, 1.807) is 0 Å². The molecule has 1 N–H and O–H groups in total. The summed E-state index contributed by atoms with van der Waals surface area (Å²) in [6, 6.07) is 4.04. The SMILES string of the molecule is O=C(O)C1COC(Cc2ccccc2C(F)(F)F)=N1. The summed E-state index contributed by atoms with van der Waals surface area (Å²) in [5.74, 6) is -1.14. The number of aliphatic imine (C=N–C) groups is 1. The van der Waals surface area contributed by atoms with Gasteiger partial charge < -0.3 is 9.84 Å². The minimum atomic E-state index is -4.46. The van der Waals surface area contributed by atoms with Crippen LogP contribution in [0.3, 0.4) is 0 Å². The number of rotatable bonds is 3. The molecule has 0 fully saturated rings. The van der Waals surface area contributed by atoms with Gasteiger partial charge in [0.2, 0.25) is 0 Å². The number of ether oxygens (including phenoxy) is 1. The number of aliphatic carboxylic acids is 1. The van der Waals surface area contributed by atoms with Crippen LogP contribution in [0.15, 0.2) is 29.3 Å². The van der Waals surface area contributed by atoms with E-state index in [-0.39, 0.29) is 24.5 Å². The van der Waals surface area contributed by atoms with E-state index in [1.165, 1.54) is 18.2 Å². The van der Waals surface area contributed by atoms with E-state index in [2.05, 4.69) is 4.99 Å². The molecule has 0 radical (unpaired) electrons. The third kappa shape index (κ3) is 3.04. The molecule has 1 aliphatic heterocycles. The van der Waals surface area contributed by atoms with Gasteiger partial charge in [-0.1, -0.05) is 18.2 Å². The number of alkyl halides is 3. The Morgan fingerprint density at radius 1 is 1.42 bits per heavy atom. The molecule has 0 amide bonds. The molecular weight excluding hydrogens is 263 g/mol. The van der Waals surface area contributed by atoms with Crippen molar-refractivity contribution >= 4 is 11.9 Å². The van der Waals surface area contributed by atoms with Crippen molar-refractivity contribution in [1.29, 1.82) is 0 Å². The highest BCUT2D eigenvalue weighted by atomic mass is 19.4. The number of hydrogen-bond donors (Lipinski definition) is 1.